The van der Waals surface area contributed by atoms with Gasteiger partial charge in [-0.05, 0) is 31.3 Å². The van der Waals surface area contributed by atoms with E-state index in [1.54, 1.807) is 25.2 Å². The van der Waals surface area contributed by atoms with Gasteiger partial charge in [0, 0.05) is 16.6 Å². The fourth-order valence-electron chi connectivity index (χ4n) is 1.67. The minimum absolute atomic E-state index is 0.00865. The van der Waals surface area contributed by atoms with Crippen molar-refractivity contribution in [2.24, 2.45) is 0 Å². The van der Waals surface area contributed by atoms with Crippen molar-refractivity contribution in [1.82, 2.24) is 5.32 Å². The number of ether oxygens (including phenoxy) is 1. The van der Waals surface area contributed by atoms with Gasteiger partial charge in [0.2, 0.25) is 0 Å². The van der Waals surface area contributed by atoms with Gasteiger partial charge in [-0.3, -0.25) is 0 Å². The normalized spacial score (nSPS) is 10.5. The number of nitrogens with one attached hydrogen (secondary N) is 1. The molecule has 0 fully saturated rings. The summed E-state index contributed by atoms with van der Waals surface area (Å²) in [4.78, 5) is 0. The first-order valence-corrected chi connectivity index (χ1v) is 6.46. The average Bonchev–Trinajstić information content (AvgIpc) is 2.36. The molecule has 2 nitrogen and oxygen atoms in total. The Morgan fingerprint density at radius 1 is 1.16 bits per heavy atom. The molecule has 2 aromatic rings. The van der Waals surface area contributed by atoms with Crippen LogP contribution in [0.3, 0.4) is 0 Å². The minimum atomic E-state index is -0.548. The summed E-state index contributed by atoms with van der Waals surface area (Å²) in [5.41, 5.74) is 0.629. The van der Waals surface area contributed by atoms with Crippen LogP contribution in [-0.2, 0) is 6.54 Å². The van der Waals surface area contributed by atoms with Gasteiger partial charge < -0.3 is 10.1 Å². The van der Waals surface area contributed by atoms with Gasteiger partial charge in [-0.25, -0.2) is 8.78 Å². The number of para-hydroxylation sites is 1. The Balaban J connectivity index is 2.37. The smallest absolute Gasteiger partial charge is 0.167 e. The quantitative estimate of drug-likeness (QED) is 0.906. The molecule has 100 valence electrons. The van der Waals surface area contributed by atoms with Gasteiger partial charge in [0.15, 0.2) is 23.1 Å². The van der Waals surface area contributed by atoms with E-state index in [9.17, 15) is 8.78 Å². The van der Waals surface area contributed by atoms with Crippen LogP contribution in [-0.4, -0.2) is 7.05 Å². The fourth-order valence-corrected chi connectivity index (χ4v) is 2.00. The van der Waals surface area contributed by atoms with E-state index in [4.69, 9.17) is 4.74 Å². The second-order valence-corrected chi connectivity index (χ2v) is 4.85. The summed E-state index contributed by atoms with van der Waals surface area (Å²) in [5, 5.41) is 2.91. The molecule has 0 spiro atoms. The molecule has 2 rings (SSSR count). The first kappa shape index (κ1) is 14.0. The summed E-state index contributed by atoms with van der Waals surface area (Å²) in [5.74, 6) is -1.04. The zero-order valence-corrected chi connectivity index (χ0v) is 11.8. The molecular weight excluding hydrogens is 316 g/mol. The van der Waals surface area contributed by atoms with Gasteiger partial charge >= 0.3 is 0 Å². The Bertz CT molecular complexity index is 590. The third-order valence-electron chi connectivity index (χ3n) is 2.52. The molecule has 0 heterocycles. The van der Waals surface area contributed by atoms with Crippen LogP contribution in [0.2, 0.25) is 0 Å². The van der Waals surface area contributed by atoms with Crippen LogP contribution >= 0.6 is 15.9 Å². The molecule has 0 atom stereocenters. The second kappa shape index (κ2) is 6.12. The lowest BCUT2D eigenvalue weighted by molar-refractivity contribution is 0.408. The maximum Gasteiger partial charge on any atom is 0.167 e. The van der Waals surface area contributed by atoms with Gasteiger partial charge in [0.1, 0.15) is 0 Å². The number of halogens is 3. The van der Waals surface area contributed by atoms with Crippen LogP contribution < -0.4 is 10.1 Å². The monoisotopic (exact) mass is 327 g/mol. The van der Waals surface area contributed by atoms with Crippen LogP contribution in [0.4, 0.5) is 8.78 Å². The molecule has 0 radical (unpaired) electrons. The predicted octanol–water partition coefficient (Wildman–Crippen LogP) is 4.24. The number of rotatable bonds is 4. The van der Waals surface area contributed by atoms with E-state index >= 15 is 0 Å². The molecule has 0 unspecified atom stereocenters. The number of hydrogen-bond donors (Lipinski definition) is 1. The highest BCUT2D eigenvalue weighted by atomic mass is 79.9. The van der Waals surface area contributed by atoms with E-state index in [-0.39, 0.29) is 11.5 Å². The predicted molar refractivity (Wildman–Crippen MR) is 73.3 cm³/mol. The van der Waals surface area contributed by atoms with Gasteiger partial charge in [-0.15, -0.1) is 0 Å². The lowest BCUT2D eigenvalue weighted by Crippen LogP contribution is -2.07. The van der Waals surface area contributed by atoms with Crippen molar-refractivity contribution in [1.29, 1.82) is 0 Å². The van der Waals surface area contributed by atoms with Crippen molar-refractivity contribution in [3.63, 3.8) is 0 Å². The molecule has 0 aliphatic rings. The third kappa shape index (κ3) is 3.30. The largest absolute Gasteiger partial charge is 0.451 e. The first-order chi connectivity index (χ1) is 9.11. The summed E-state index contributed by atoms with van der Waals surface area (Å²) in [7, 11) is 1.74. The summed E-state index contributed by atoms with van der Waals surface area (Å²) >= 11 is 3.16. The van der Waals surface area contributed by atoms with Crippen LogP contribution in [0.25, 0.3) is 0 Å². The molecule has 19 heavy (non-hydrogen) atoms. The standard InChI is InChI=1S/C14H12BrF2NO/c1-18-8-9-3-2-4-11(16)14(9)19-13-6-5-10(15)7-12(13)17/h2-7,18H,8H2,1H3. The van der Waals surface area contributed by atoms with E-state index in [0.717, 1.165) is 0 Å². The van der Waals surface area contributed by atoms with E-state index in [2.05, 4.69) is 21.2 Å². The molecule has 0 aliphatic carbocycles. The maximum absolute atomic E-state index is 13.8. The van der Waals surface area contributed by atoms with Crippen LogP contribution in [0.15, 0.2) is 40.9 Å². The van der Waals surface area contributed by atoms with E-state index < -0.39 is 11.6 Å². The van der Waals surface area contributed by atoms with Gasteiger partial charge in [0.05, 0.1) is 0 Å². The van der Waals surface area contributed by atoms with Gasteiger partial charge in [-0.1, -0.05) is 28.1 Å². The molecule has 2 aromatic carbocycles. The zero-order chi connectivity index (χ0) is 13.8. The number of benzene rings is 2. The fraction of sp³-hybridized carbons (Fsp3) is 0.143. The lowest BCUT2D eigenvalue weighted by Gasteiger charge is -2.12. The lowest BCUT2D eigenvalue weighted by atomic mass is 10.2. The van der Waals surface area contributed by atoms with Crippen molar-refractivity contribution in [2.45, 2.75) is 6.54 Å². The molecule has 0 aliphatic heterocycles. The third-order valence-corrected chi connectivity index (χ3v) is 3.01. The Morgan fingerprint density at radius 3 is 2.63 bits per heavy atom. The van der Waals surface area contributed by atoms with E-state index in [1.165, 1.54) is 18.2 Å². The van der Waals surface area contributed by atoms with Crippen molar-refractivity contribution in [3.05, 3.63) is 58.1 Å². The SMILES string of the molecule is CNCc1cccc(F)c1Oc1ccc(Br)cc1F. The van der Waals surface area contributed by atoms with Crippen molar-refractivity contribution in [3.8, 4) is 11.5 Å². The molecule has 0 aromatic heterocycles. The second-order valence-electron chi connectivity index (χ2n) is 3.94. The van der Waals surface area contributed by atoms with Crippen molar-refractivity contribution >= 4 is 15.9 Å². The maximum atomic E-state index is 13.8. The molecular formula is C14H12BrF2NO. The summed E-state index contributed by atoms with van der Waals surface area (Å²) in [6, 6.07) is 8.96. The highest BCUT2D eigenvalue weighted by molar-refractivity contribution is 9.10. The van der Waals surface area contributed by atoms with Gasteiger partial charge in [0.25, 0.3) is 0 Å². The molecule has 0 bridgehead atoms. The average molecular weight is 328 g/mol. The van der Waals surface area contributed by atoms with Crippen LogP contribution in [0.5, 0.6) is 11.5 Å². The van der Waals surface area contributed by atoms with Crippen molar-refractivity contribution < 1.29 is 13.5 Å². The summed E-state index contributed by atoms with van der Waals surface area (Å²) in [6.45, 7) is 0.436. The highest BCUT2D eigenvalue weighted by Crippen LogP contribution is 2.31. The Morgan fingerprint density at radius 2 is 1.95 bits per heavy atom. The molecule has 0 saturated carbocycles. The van der Waals surface area contributed by atoms with Crippen LogP contribution in [0.1, 0.15) is 5.56 Å². The Labute approximate surface area is 118 Å². The molecule has 0 amide bonds. The van der Waals surface area contributed by atoms with E-state index in [0.29, 0.717) is 16.6 Å². The van der Waals surface area contributed by atoms with Gasteiger partial charge in [-0.2, -0.15) is 0 Å². The zero-order valence-electron chi connectivity index (χ0n) is 10.2. The van der Waals surface area contributed by atoms with E-state index in [1.807, 2.05) is 0 Å². The molecule has 5 heteroatoms. The first-order valence-electron chi connectivity index (χ1n) is 5.66. The molecule has 1 N–H and O–H groups in total. The highest BCUT2D eigenvalue weighted by Gasteiger charge is 2.13. The summed E-state index contributed by atoms with van der Waals surface area (Å²) in [6.07, 6.45) is 0. The topological polar surface area (TPSA) is 21.3 Å². The van der Waals surface area contributed by atoms with Crippen LogP contribution in [0, 0.1) is 11.6 Å². The summed E-state index contributed by atoms with van der Waals surface area (Å²) < 4.78 is 33.4. The Kier molecular flexibility index (Phi) is 4.50. The minimum Gasteiger partial charge on any atom is -0.451 e. The molecule has 0 saturated heterocycles. The Hall–Kier alpha value is -1.46. The number of hydrogen-bond acceptors (Lipinski definition) is 2. The van der Waals surface area contributed by atoms with Crippen molar-refractivity contribution in [2.75, 3.05) is 7.05 Å².